The molecule has 6 heteroatoms. The number of nitrogens with zero attached hydrogens (tertiary/aromatic N) is 2. The lowest BCUT2D eigenvalue weighted by Crippen LogP contribution is -2.37. The minimum atomic E-state index is 0. The fourth-order valence-corrected chi connectivity index (χ4v) is 3.58. The van der Waals surface area contributed by atoms with E-state index in [2.05, 4.69) is 46.4 Å². The molecule has 2 heterocycles. The number of nitrogens with one attached hydrogen (secondary N) is 1. The molecule has 3 N–H and O–H groups in total. The average molecular weight is 472 g/mol. The summed E-state index contributed by atoms with van der Waals surface area (Å²) in [6.07, 6.45) is 5.15. The summed E-state index contributed by atoms with van der Waals surface area (Å²) >= 11 is 0. The van der Waals surface area contributed by atoms with Crippen molar-refractivity contribution in [1.82, 2.24) is 10.2 Å². The summed E-state index contributed by atoms with van der Waals surface area (Å²) in [6, 6.07) is 8.59. The fourth-order valence-electron chi connectivity index (χ4n) is 3.58. The quantitative estimate of drug-likeness (QED) is 0.380. The van der Waals surface area contributed by atoms with Gasteiger partial charge in [0.2, 0.25) is 0 Å². The Morgan fingerprint density at radius 3 is 2.65 bits per heavy atom. The van der Waals surface area contributed by atoms with E-state index >= 15 is 0 Å². The van der Waals surface area contributed by atoms with Crippen LogP contribution in [0.25, 0.3) is 0 Å². The molecule has 2 saturated heterocycles. The molecule has 5 nitrogen and oxygen atoms in total. The average Bonchev–Trinajstić information content (AvgIpc) is 3.15. The first-order valence-corrected chi connectivity index (χ1v) is 9.65. The summed E-state index contributed by atoms with van der Waals surface area (Å²) in [5, 5.41) is 3.19. The van der Waals surface area contributed by atoms with E-state index in [-0.39, 0.29) is 30.1 Å². The molecule has 0 radical (unpaired) electrons. The van der Waals surface area contributed by atoms with Crippen LogP contribution < -0.4 is 11.1 Å². The summed E-state index contributed by atoms with van der Waals surface area (Å²) in [5.74, 6) is 1.38. The second kappa shape index (κ2) is 11.1. The molecule has 1 aromatic carbocycles. The number of likely N-dealkylation sites (tertiary alicyclic amines) is 1. The highest BCUT2D eigenvalue weighted by atomic mass is 127. The Bertz CT molecular complexity index is 567. The second-order valence-corrected chi connectivity index (χ2v) is 7.44. The van der Waals surface area contributed by atoms with Gasteiger partial charge in [-0.3, -0.25) is 4.90 Å². The van der Waals surface area contributed by atoms with Crippen LogP contribution in [0.15, 0.2) is 29.3 Å². The van der Waals surface area contributed by atoms with Crippen LogP contribution in [0.1, 0.15) is 43.7 Å². The maximum atomic E-state index is 6.02. The van der Waals surface area contributed by atoms with E-state index in [0.717, 1.165) is 38.5 Å². The molecule has 0 spiro atoms. The van der Waals surface area contributed by atoms with Gasteiger partial charge in [-0.05, 0) is 55.8 Å². The van der Waals surface area contributed by atoms with Gasteiger partial charge in [-0.1, -0.05) is 31.2 Å². The Kier molecular flexibility index (Phi) is 9.15. The number of rotatable bonds is 6. The van der Waals surface area contributed by atoms with Crippen LogP contribution in [-0.4, -0.2) is 43.2 Å². The molecule has 0 aromatic heterocycles. The molecule has 2 aliphatic heterocycles. The van der Waals surface area contributed by atoms with Gasteiger partial charge < -0.3 is 15.8 Å². The van der Waals surface area contributed by atoms with Crippen LogP contribution in [0.2, 0.25) is 0 Å². The van der Waals surface area contributed by atoms with Crippen molar-refractivity contribution in [3.63, 3.8) is 0 Å². The van der Waals surface area contributed by atoms with Crippen LogP contribution in [0.5, 0.6) is 0 Å². The fraction of sp³-hybridized carbons (Fsp3) is 0.650. The standard InChI is InChI=1S/C20H32N4O.HI/c1-16-8-10-24(11-9-16)15-18-6-3-2-5-17(18)13-22-20(21)23-14-19-7-4-12-25-19;/h2-3,5-6,16,19H,4,7-15H2,1H3,(H3,21,22,23);1H. The molecule has 0 bridgehead atoms. The van der Waals surface area contributed by atoms with Gasteiger partial charge in [-0.15, -0.1) is 24.0 Å². The Hall–Kier alpha value is -0.860. The molecule has 0 amide bonds. The lowest BCUT2D eigenvalue weighted by Gasteiger charge is -2.30. The van der Waals surface area contributed by atoms with Crippen LogP contribution in [0.3, 0.4) is 0 Å². The van der Waals surface area contributed by atoms with Gasteiger partial charge >= 0.3 is 0 Å². The van der Waals surface area contributed by atoms with Crippen molar-refractivity contribution in [1.29, 1.82) is 0 Å². The van der Waals surface area contributed by atoms with E-state index in [0.29, 0.717) is 12.5 Å². The van der Waals surface area contributed by atoms with Crippen molar-refractivity contribution >= 4 is 29.9 Å². The van der Waals surface area contributed by atoms with Crippen molar-refractivity contribution in [3.8, 4) is 0 Å². The van der Waals surface area contributed by atoms with E-state index in [1.165, 1.54) is 37.1 Å². The minimum absolute atomic E-state index is 0. The molecular weight excluding hydrogens is 439 g/mol. The van der Waals surface area contributed by atoms with Crippen molar-refractivity contribution in [2.45, 2.75) is 51.8 Å². The number of hydrogen-bond donors (Lipinski definition) is 2. The summed E-state index contributed by atoms with van der Waals surface area (Å²) in [7, 11) is 0. The third-order valence-electron chi connectivity index (χ3n) is 5.34. The molecule has 0 aliphatic carbocycles. The van der Waals surface area contributed by atoms with E-state index in [4.69, 9.17) is 10.5 Å². The SMILES string of the molecule is CC1CCN(Cc2ccccc2CN=C(N)NCC2CCCO2)CC1.I. The van der Waals surface area contributed by atoms with E-state index in [9.17, 15) is 0 Å². The molecule has 1 aromatic rings. The number of benzene rings is 1. The molecule has 3 rings (SSSR count). The molecule has 26 heavy (non-hydrogen) atoms. The zero-order valence-electron chi connectivity index (χ0n) is 15.8. The lowest BCUT2D eigenvalue weighted by molar-refractivity contribution is 0.114. The van der Waals surface area contributed by atoms with E-state index in [1.807, 2.05) is 0 Å². The first-order chi connectivity index (χ1) is 12.2. The molecule has 146 valence electrons. The topological polar surface area (TPSA) is 62.9 Å². The minimum Gasteiger partial charge on any atom is -0.376 e. The normalized spacial score (nSPS) is 22.2. The number of hydrogen-bond acceptors (Lipinski definition) is 3. The number of ether oxygens (including phenoxy) is 1. The number of halogens is 1. The van der Waals surface area contributed by atoms with Gasteiger partial charge in [0, 0.05) is 19.7 Å². The molecular formula is C20H33IN4O. The molecule has 1 atom stereocenters. The zero-order chi connectivity index (χ0) is 17.5. The maximum Gasteiger partial charge on any atom is 0.189 e. The van der Waals surface area contributed by atoms with Gasteiger partial charge in [0.1, 0.15) is 0 Å². The highest BCUT2D eigenvalue weighted by Gasteiger charge is 2.17. The second-order valence-electron chi connectivity index (χ2n) is 7.44. The smallest absolute Gasteiger partial charge is 0.189 e. The summed E-state index contributed by atoms with van der Waals surface area (Å²) in [5.41, 5.74) is 8.66. The van der Waals surface area contributed by atoms with Gasteiger partial charge in [0.15, 0.2) is 5.96 Å². The summed E-state index contributed by atoms with van der Waals surface area (Å²) < 4.78 is 5.60. The Labute approximate surface area is 174 Å². The van der Waals surface area contributed by atoms with Crippen molar-refractivity contribution in [2.24, 2.45) is 16.6 Å². The predicted molar refractivity (Wildman–Crippen MR) is 118 cm³/mol. The molecule has 1 unspecified atom stereocenters. The Morgan fingerprint density at radius 2 is 1.96 bits per heavy atom. The molecule has 2 aliphatic rings. The van der Waals surface area contributed by atoms with E-state index in [1.54, 1.807) is 0 Å². The number of guanidine groups is 1. The lowest BCUT2D eigenvalue weighted by atomic mass is 9.98. The Balaban J connectivity index is 0.00000243. The summed E-state index contributed by atoms with van der Waals surface area (Å²) in [6.45, 7) is 8.02. The van der Waals surface area contributed by atoms with Crippen molar-refractivity contribution < 1.29 is 4.74 Å². The highest BCUT2D eigenvalue weighted by molar-refractivity contribution is 14.0. The van der Waals surface area contributed by atoms with Gasteiger partial charge in [-0.25, -0.2) is 4.99 Å². The van der Waals surface area contributed by atoms with Crippen LogP contribution in [-0.2, 0) is 17.8 Å². The van der Waals surface area contributed by atoms with Crippen molar-refractivity contribution in [3.05, 3.63) is 35.4 Å². The van der Waals surface area contributed by atoms with Crippen molar-refractivity contribution in [2.75, 3.05) is 26.2 Å². The third kappa shape index (κ3) is 6.70. The van der Waals surface area contributed by atoms with Gasteiger partial charge in [0.25, 0.3) is 0 Å². The monoisotopic (exact) mass is 472 g/mol. The van der Waals surface area contributed by atoms with Crippen LogP contribution >= 0.6 is 24.0 Å². The predicted octanol–water partition coefficient (Wildman–Crippen LogP) is 3.12. The van der Waals surface area contributed by atoms with Crippen LogP contribution in [0.4, 0.5) is 0 Å². The third-order valence-corrected chi connectivity index (χ3v) is 5.34. The molecule has 0 saturated carbocycles. The number of aliphatic imine (C=N–C) groups is 1. The zero-order valence-corrected chi connectivity index (χ0v) is 18.2. The van der Waals surface area contributed by atoms with Gasteiger partial charge in [0.05, 0.1) is 12.6 Å². The largest absolute Gasteiger partial charge is 0.376 e. The maximum absolute atomic E-state index is 6.02. The number of nitrogens with two attached hydrogens (primary N) is 1. The number of piperidine rings is 1. The first kappa shape index (κ1) is 21.4. The van der Waals surface area contributed by atoms with Gasteiger partial charge in [-0.2, -0.15) is 0 Å². The molecule has 2 fully saturated rings. The van der Waals surface area contributed by atoms with Crippen LogP contribution in [0, 0.1) is 5.92 Å². The Morgan fingerprint density at radius 1 is 1.23 bits per heavy atom. The summed E-state index contributed by atoms with van der Waals surface area (Å²) in [4.78, 5) is 7.09. The first-order valence-electron chi connectivity index (χ1n) is 9.65. The highest BCUT2D eigenvalue weighted by Crippen LogP contribution is 2.20. The van der Waals surface area contributed by atoms with E-state index < -0.39 is 0 Å².